The Hall–Kier alpha value is -1.83. The van der Waals surface area contributed by atoms with Gasteiger partial charge in [0.15, 0.2) is 12.4 Å². The highest BCUT2D eigenvalue weighted by atomic mass is 32.2. The van der Waals surface area contributed by atoms with Gasteiger partial charge in [-0.1, -0.05) is 136 Å². The molecule has 328 valence electrons. The van der Waals surface area contributed by atoms with Crippen molar-refractivity contribution in [1.82, 2.24) is 0 Å². The number of carbonyl (C=O) groups excluding carboxylic acids is 2. The molecule has 0 aromatic carbocycles. The first kappa shape index (κ1) is 52.2. The van der Waals surface area contributed by atoms with Crippen molar-refractivity contribution in [2.75, 3.05) is 19.0 Å². The predicted molar refractivity (Wildman–Crippen MR) is 219 cm³/mol. The maximum atomic E-state index is 12.8. The average molecular weight is 819 g/mol. The van der Waals surface area contributed by atoms with Crippen molar-refractivity contribution in [2.45, 2.75) is 224 Å². The number of rotatable bonds is 36. The van der Waals surface area contributed by atoms with Gasteiger partial charge in [0.25, 0.3) is 10.1 Å². The molecule has 1 aliphatic rings. The molecule has 0 aromatic rings. The number of allylic oxidation sites excluding steroid dienone is 1. The molecule has 1 fully saturated rings. The molecule has 0 spiro atoms. The fraction of sp³-hybridized carbons (Fsp3) is 0.884. The molecule has 0 aromatic heterocycles. The van der Waals surface area contributed by atoms with Crippen LogP contribution in [-0.2, 0) is 38.7 Å². The van der Waals surface area contributed by atoms with Crippen molar-refractivity contribution in [3.8, 4) is 0 Å². The standard InChI is InChI=1S/C43H78O12S/c1-3-5-7-9-11-13-15-17-18-20-22-24-26-28-30-32-39(45)54-36(34-53-43-42(48)41(47)40(46)37(55-43)35-56(49,50)51)33-52-38(44)31-29-27-25-23-21-19-16-14-12-10-8-6-4-2/h15,18,36-37,40-43,46-48H,3-14,16,19-35H2,1-2H3,(H,49,50,51)/t17?,36-,37-,40-,41?,42?,43+/m1/s1. The summed E-state index contributed by atoms with van der Waals surface area (Å²) < 4.78 is 54.0. The summed E-state index contributed by atoms with van der Waals surface area (Å²) >= 11 is 0. The van der Waals surface area contributed by atoms with Gasteiger partial charge in [-0.2, -0.15) is 8.42 Å². The van der Waals surface area contributed by atoms with Crippen LogP contribution in [0.3, 0.4) is 0 Å². The van der Waals surface area contributed by atoms with Gasteiger partial charge in [-0.15, -0.1) is 5.73 Å². The minimum atomic E-state index is -4.60. The van der Waals surface area contributed by atoms with Crippen LogP contribution in [0.25, 0.3) is 0 Å². The molecule has 0 aliphatic carbocycles. The van der Waals surface area contributed by atoms with Crippen LogP contribution in [-0.4, -0.2) is 96.0 Å². The van der Waals surface area contributed by atoms with Crippen LogP contribution in [0.4, 0.5) is 0 Å². The first-order valence-electron chi connectivity index (χ1n) is 22.0. The van der Waals surface area contributed by atoms with Gasteiger partial charge in [-0.3, -0.25) is 14.1 Å². The highest BCUT2D eigenvalue weighted by Crippen LogP contribution is 2.24. The number of hydrogen-bond acceptors (Lipinski definition) is 11. The third-order valence-electron chi connectivity index (χ3n) is 10.1. The Balaban J connectivity index is 2.48. The number of unbranched alkanes of at least 4 members (excludes halogenated alkanes) is 22. The zero-order valence-electron chi connectivity index (χ0n) is 34.8. The summed E-state index contributed by atoms with van der Waals surface area (Å²) in [5, 5.41) is 30.8. The number of aliphatic hydroxyl groups is 3. The summed E-state index contributed by atoms with van der Waals surface area (Å²) in [7, 11) is -4.60. The number of aliphatic hydroxyl groups excluding tert-OH is 3. The summed E-state index contributed by atoms with van der Waals surface area (Å²) in [6.07, 6.45) is 23.2. The van der Waals surface area contributed by atoms with Gasteiger partial charge in [-0.05, 0) is 50.7 Å². The Bertz CT molecular complexity index is 1160. The lowest BCUT2D eigenvalue weighted by Gasteiger charge is -2.40. The molecule has 0 radical (unpaired) electrons. The van der Waals surface area contributed by atoms with Gasteiger partial charge in [-0.25, -0.2) is 0 Å². The zero-order valence-corrected chi connectivity index (χ0v) is 35.6. The van der Waals surface area contributed by atoms with Gasteiger partial charge < -0.3 is 34.3 Å². The monoisotopic (exact) mass is 819 g/mol. The molecular formula is C43H78O12S. The zero-order chi connectivity index (χ0) is 41.3. The highest BCUT2D eigenvalue weighted by Gasteiger charge is 2.46. The van der Waals surface area contributed by atoms with Crippen molar-refractivity contribution in [1.29, 1.82) is 0 Å². The van der Waals surface area contributed by atoms with Crippen LogP contribution in [0.1, 0.15) is 187 Å². The molecule has 2 unspecified atom stereocenters. The second-order valence-electron chi connectivity index (χ2n) is 15.5. The lowest BCUT2D eigenvalue weighted by molar-refractivity contribution is -0.297. The molecule has 1 rings (SSSR count). The Morgan fingerprint density at radius 3 is 1.55 bits per heavy atom. The molecule has 0 bridgehead atoms. The van der Waals surface area contributed by atoms with E-state index in [9.17, 15) is 37.9 Å². The Morgan fingerprint density at radius 1 is 0.625 bits per heavy atom. The fourth-order valence-corrected chi connectivity index (χ4v) is 7.34. The van der Waals surface area contributed by atoms with E-state index in [1.807, 2.05) is 0 Å². The maximum Gasteiger partial charge on any atom is 0.306 e. The van der Waals surface area contributed by atoms with Crippen LogP contribution in [0, 0.1) is 0 Å². The first-order chi connectivity index (χ1) is 27.0. The lowest BCUT2D eigenvalue weighted by Crippen LogP contribution is -2.60. The van der Waals surface area contributed by atoms with E-state index in [1.54, 1.807) is 0 Å². The van der Waals surface area contributed by atoms with Gasteiger partial charge in [0.1, 0.15) is 36.8 Å². The van der Waals surface area contributed by atoms with E-state index in [0.717, 1.165) is 57.8 Å². The summed E-state index contributed by atoms with van der Waals surface area (Å²) in [5.41, 5.74) is 3.27. The van der Waals surface area contributed by atoms with Crippen LogP contribution >= 0.6 is 0 Å². The van der Waals surface area contributed by atoms with E-state index in [4.69, 9.17) is 18.9 Å². The topological polar surface area (TPSA) is 186 Å². The van der Waals surface area contributed by atoms with E-state index in [-0.39, 0.29) is 19.4 Å². The van der Waals surface area contributed by atoms with Crippen LogP contribution < -0.4 is 0 Å². The van der Waals surface area contributed by atoms with Gasteiger partial charge in [0.05, 0.1) is 6.61 Å². The maximum absolute atomic E-state index is 12.8. The Kier molecular flexibility index (Phi) is 31.8. The minimum absolute atomic E-state index is 0.147. The Labute approximate surface area is 338 Å². The molecule has 1 aliphatic heterocycles. The van der Waals surface area contributed by atoms with Crippen molar-refractivity contribution < 1.29 is 56.8 Å². The highest BCUT2D eigenvalue weighted by molar-refractivity contribution is 7.85. The number of ether oxygens (including phenoxy) is 4. The van der Waals surface area contributed by atoms with Gasteiger partial charge in [0.2, 0.25) is 0 Å². The van der Waals surface area contributed by atoms with Crippen LogP contribution in [0.5, 0.6) is 0 Å². The molecule has 13 heteroatoms. The van der Waals surface area contributed by atoms with Gasteiger partial charge in [0, 0.05) is 12.8 Å². The third kappa shape index (κ3) is 28.6. The quantitative estimate of drug-likeness (QED) is 0.0205. The van der Waals surface area contributed by atoms with E-state index >= 15 is 0 Å². The summed E-state index contributed by atoms with van der Waals surface area (Å²) in [5.74, 6) is -2.00. The van der Waals surface area contributed by atoms with E-state index < -0.39 is 71.2 Å². The first-order valence-corrected chi connectivity index (χ1v) is 23.6. The van der Waals surface area contributed by atoms with E-state index in [1.165, 1.54) is 89.9 Å². The molecule has 4 N–H and O–H groups in total. The molecule has 6 atom stereocenters. The van der Waals surface area contributed by atoms with Crippen molar-refractivity contribution in [2.24, 2.45) is 0 Å². The second-order valence-corrected chi connectivity index (χ2v) is 17.0. The fourth-order valence-electron chi connectivity index (χ4n) is 6.65. The number of esters is 2. The molecule has 0 saturated carbocycles. The van der Waals surface area contributed by atoms with E-state index in [0.29, 0.717) is 12.8 Å². The lowest BCUT2D eigenvalue weighted by atomic mass is 10.00. The van der Waals surface area contributed by atoms with Crippen molar-refractivity contribution in [3.05, 3.63) is 17.9 Å². The Morgan fingerprint density at radius 2 is 1.07 bits per heavy atom. The molecular weight excluding hydrogens is 741 g/mol. The largest absolute Gasteiger partial charge is 0.462 e. The average Bonchev–Trinajstić information content (AvgIpc) is 3.16. The summed E-state index contributed by atoms with van der Waals surface area (Å²) in [4.78, 5) is 25.3. The summed E-state index contributed by atoms with van der Waals surface area (Å²) in [6.45, 7) is 3.72. The summed E-state index contributed by atoms with van der Waals surface area (Å²) in [6, 6.07) is 0. The second kappa shape index (κ2) is 34.1. The van der Waals surface area contributed by atoms with Gasteiger partial charge >= 0.3 is 11.9 Å². The molecule has 56 heavy (non-hydrogen) atoms. The predicted octanol–water partition coefficient (Wildman–Crippen LogP) is 8.44. The van der Waals surface area contributed by atoms with Crippen molar-refractivity contribution in [3.63, 3.8) is 0 Å². The van der Waals surface area contributed by atoms with E-state index in [2.05, 4.69) is 31.7 Å². The normalized spacial score (nSPS) is 20.3. The smallest absolute Gasteiger partial charge is 0.306 e. The SMILES string of the molecule is CCCCCCCC=C=CCCCCCCCC(=O)O[C@H](COC(=O)CCCCCCCCCCCCCCC)CO[C@H]1O[C@H](CS(=O)(=O)O)[C@@H](O)C(O)C1O. The van der Waals surface area contributed by atoms with Crippen LogP contribution in [0.2, 0.25) is 0 Å². The third-order valence-corrected chi connectivity index (χ3v) is 10.9. The molecule has 0 amide bonds. The minimum Gasteiger partial charge on any atom is -0.462 e. The molecule has 1 heterocycles. The van der Waals surface area contributed by atoms with Crippen LogP contribution in [0.15, 0.2) is 17.9 Å². The number of carbonyl (C=O) groups is 2. The number of hydrogen-bond donors (Lipinski definition) is 4. The molecule has 12 nitrogen and oxygen atoms in total. The van der Waals surface area contributed by atoms with Crippen molar-refractivity contribution >= 4 is 22.1 Å². The molecule has 1 saturated heterocycles.